The molecule has 0 atom stereocenters. The molecule has 1 amide bonds. The minimum atomic E-state index is -0.835. The van der Waals surface area contributed by atoms with E-state index in [0.29, 0.717) is 23.0 Å². The van der Waals surface area contributed by atoms with Crippen LogP contribution in [0.15, 0.2) is 36.4 Å². The number of nitrogens with two attached hydrogens (primary N) is 1. The first-order valence-corrected chi connectivity index (χ1v) is 6.21. The van der Waals surface area contributed by atoms with Gasteiger partial charge in [0.15, 0.2) is 0 Å². The highest BCUT2D eigenvalue weighted by atomic mass is 19.1. The molecule has 0 bridgehead atoms. The Morgan fingerprint density at radius 1 is 1.14 bits per heavy atom. The lowest BCUT2D eigenvalue weighted by atomic mass is 10.1. The van der Waals surface area contributed by atoms with Crippen LogP contribution in [0.2, 0.25) is 0 Å². The Morgan fingerprint density at radius 3 is 2.48 bits per heavy atom. The Bertz CT molecular complexity index is 687. The zero-order chi connectivity index (χ0) is 15.6. The van der Waals surface area contributed by atoms with Crippen LogP contribution in [0.5, 0.6) is 0 Å². The maximum atomic E-state index is 13.6. The first-order chi connectivity index (χ1) is 9.88. The van der Waals surface area contributed by atoms with E-state index in [1.165, 1.54) is 12.1 Å². The number of nitrogen functional groups attached to an aromatic ring is 1. The maximum absolute atomic E-state index is 13.6. The largest absolute Gasteiger partial charge is 0.399 e. The van der Waals surface area contributed by atoms with Gasteiger partial charge in [0.25, 0.3) is 5.91 Å². The van der Waals surface area contributed by atoms with Gasteiger partial charge in [-0.3, -0.25) is 4.79 Å². The molecule has 2 rings (SSSR count). The van der Waals surface area contributed by atoms with Crippen LogP contribution >= 0.6 is 0 Å². The molecule has 2 aromatic carbocycles. The van der Waals surface area contributed by atoms with E-state index in [1.807, 2.05) is 0 Å². The van der Waals surface area contributed by atoms with Gasteiger partial charge in [0.1, 0.15) is 11.6 Å². The monoisotopic (exact) mass is 291 g/mol. The second kappa shape index (κ2) is 5.78. The van der Waals surface area contributed by atoms with Gasteiger partial charge in [-0.25, -0.2) is 8.78 Å². The molecule has 3 N–H and O–H groups in total. The van der Waals surface area contributed by atoms with Crippen molar-refractivity contribution in [1.82, 2.24) is 0 Å². The number of amides is 1. The fraction of sp³-hybridized carbons (Fsp3) is 0.133. The fourth-order valence-corrected chi connectivity index (χ4v) is 1.91. The van der Waals surface area contributed by atoms with Crippen molar-refractivity contribution in [2.24, 2.45) is 0 Å². The lowest BCUT2D eigenvalue weighted by Gasteiger charge is -2.17. The molecule has 2 aromatic rings. The van der Waals surface area contributed by atoms with Crippen LogP contribution in [0.1, 0.15) is 10.4 Å². The Kier molecular flexibility index (Phi) is 4.07. The summed E-state index contributed by atoms with van der Waals surface area (Å²) in [6, 6.07) is 7.83. The molecule has 0 aromatic heterocycles. The quantitative estimate of drug-likeness (QED) is 0.855. The summed E-state index contributed by atoms with van der Waals surface area (Å²) in [7, 11) is 3.56. The van der Waals surface area contributed by atoms with Gasteiger partial charge in [-0.15, -0.1) is 0 Å². The molecule has 0 heterocycles. The molecule has 0 fully saturated rings. The molecular weight excluding hydrogens is 276 g/mol. The highest BCUT2D eigenvalue weighted by molar-refractivity contribution is 6.08. The number of nitrogens with one attached hydrogen (secondary N) is 1. The number of carbonyl (C=O) groups excluding carboxylic acids is 1. The van der Waals surface area contributed by atoms with Crippen molar-refractivity contribution in [3.63, 3.8) is 0 Å². The SMILES string of the molecule is CN(C)c1ccc(N)cc1C(=O)Nc1ccc(F)cc1F. The van der Waals surface area contributed by atoms with Gasteiger partial charge in [-0.05, 0) is 30.3 Å². The van der Waals surface area contributed by atoms with Crippen LogP contribution in [0, 0.1) is 11.6 Å². The van der Waals surface area contributed by atoms with E-state index < -0.39 is 17.5 Å². The molecule has 0 unspecified atom stereocenters. The van der Waals surface area contributed by atoms with E-state index in [4.69, 9.17) is 5.73 Å². The molecule has 0 saturated carbocycles. The molecular formula is C15H15F2N3O. The minimum Gasteiger partial charge on any atom is -0.399 e. The Morgan fingerprint density at radius 2 is 1.86 bits per heavy atom. The number of carbonyl (C=O) groups is 1. The van der Waals surface area contributed by atoms with Crippen molar-refractivity contribution in [3.05, 3.63) is 53.6 Å². The molecule has 110 valence electrons. The van der Waals surface area contributed by atoms with Crippen molar-refractivity contribution in [3.8, 4) is 0 Å². The summed E-state index contributed by atoms with van der Waals surface area (Å²) in [4.78, 5) is 14.0. The minimum absolute atomic E-state index is 0.0893. The number of anilines is 3. The maximum Gasteiger partial charge on any atom is 0.257 e. The summed E-state index contributed by atoms with van der Waals surface area (Å²) in [5.41, 5.74) is 6.97. The lowest BCUT2D eigenvalue weighted by Crippen LogP contribution is -2.19. The van der Waals surface area contributed by atoms with Crippen molar-refractivity contribution in [1.29, 1.82) is 0 Å². The first kappa shape index (κ1) is 14.8. The summed E-state index contributed by atoms with van der Waals surface area (Å²) in [5, 5.41) is 2.41. The molecule has 4 nitrogen and oxygen atoms in total. The van der Waals surface area contributed by atoms with Gasteiger partial charge in [0.05, 0.1) is 11.3 Å². The van der Waals surface area contributed by atoms with Crippen molar-refractivity contribution >= 4 is 23.0 Å². The van der Waals surface area contributed by atoms with Gasteiger partial charge in [-0.2, -0.15) is 0 Å². The zero-order valence-corrected chi connectivity index (χ0v) is 11.7. The van der Waals surface area contributed by atoms with Gasteiger partial charge in [0.2, 0.25) is 0 Å². The lowest BCUT2D eigenvalue weighted by molar-refractivity contribution is 0.102. The summed E-state index contributed by atoms with van der Waals surface area (Å²) >= 11 is 0. The normalized spacial score (nSPS) is 10.3. The molecule has 6 heteroatoms. The van der Waals surface area contributed by atoms with Crippen molar-refractivity contribution < 1.29 is 13.6 Å². The van der Waals surface area contributed by atoms with Crippen LogP contribution in [-0.4, -0.2) is 20.0 Å². The van der Waals surface area contributed by atoms with Crippen LogP contribution in [0.25, 0.3) is 0 Å². The summed E-state index contributed by atoms with van der Waals surface area (Å²) < 4.78 is 26.4. The van der Waals surface area contributed by atoms with Crippen LogP contribution in [0.3, 0.4) is 0 Å². The van der Waals surface area contributed by atoms with E-state index in [-0.39, 0.29) is 5.69 Å². The Balaban J connectivity index is 2.34. The number of nitrogens with zero attached hydrogens (tertiary/aromatic N) is 1. The topological polar surface area (TPSA) is 58.4 Å². The van der Waals surface area contributed by atoms with Crippen molar-refractivity contribution in [2.75, 3.05) is 30.0 Å². The van der Waals surface area contributed by atoms with E-state index in [9.17, 15) is 13.6 Å². The van der Waals surface area contributed by atoms with Gasteiger partial charge in [0, 0.05) is 31.5 Å². The number of hydrogen-bond acceptors (Lipinski definition) is 3. The third-order valence-electron chi connectivity index (χ3n) is 2.93. The fourth-order valence-electron chi connectivity index (χ4n) is 1.91. The van der Waals surface area contributed by atoms with E-state index >= 15 is 0 Å². The predicted octanol–water partition coefficient (Wildman–Crippen LogP) is 2.87. The molecule has 0 aliphatic carbocycles. The second-order valence-electron chi connectivity index (χ2n) is 4.75. The van der Waals surface area contributed by atoms with E-state index in [2.05, 4.69) is 5.32 Å². The summed E-state index contributed by atoms with van der Waals surface area (Å²) in [6.45, 7) is 0. The molecule has 0 spiro atoms. The average Bonchev–Trinajstić information content (AvgIpc) is 2.41. The Labute approximate surface area is 121 Å². The number of halogens is 2. The Hall–Kier alpha value is -2.63. The number of hydrogen-bond donors (Lipinski definition) is 2. The van der Waals surface area contributed by atoms with E-state index in [0.717, 1.165) is 6.07 Å². The molecule has 0 radical (unpaired) electrons. The van der Waals surface area contributed by atoms with Crippen LogP contribution < -0.4 is 16.0 Å². The van der Waals surface area contributed by atoms with Gasteiger partial charge >= 0.3 is 0 Å². The van der Waals surface area contributed by atoms with E-state index in [1.54, 1.807) is 31.1 Å². The zero-order valence-electron chi connectivity index (χ0n) is 11.7. The third-order valence-corrected chi connectivity index (χ3v) is 2.93. The molecule has 0 saturated heterocycles. The number of benzene rings is 2. The summed E-state index contributed by atoms with van der Waals surface area (Å²) in [5.74, 6) is -2.06. The molecule has 0 aliphatic heterocycles. The number of rotatable bonds is 3. The van der Waals surface area contributed by atoms with Gasteiger partial charge < -0.3 is 16.0 Å². The highest BCUT2D eigenvalue weighted by Crippen LogP contribution is 2.23. The van der Waals surface area contributed by atoms with Crippen LogP contribution in [-0.2, 0) is 0 Å². The average molecular weight is 291 g/mol. The third kappa shape index (κ3) is 3.28. The smallest absolute Gasteiger partial charge is 0.257 e. The van der Waals surface area contributed by atoms with Crippen LogP contribution in [0.4, 0.5) is 25.8 Å². The summed E-state index contributed by atoms with van der Waals surface area (Å²) in [6.07, 6.45) is 0. The molecule has 21 heavy (non-hydrogen) atoms. The molecule has 0 aliphatic rings. The van der Waals surface area contributed by atoms with Gasteiger partial charge in [-0.1, -0.05) is 0 Å². The second-order valence-corrected chi connectivity index (χ2v) is 4.75. The standard InChI is InChI=1S/C15H15F2N3O/c1-20(2)14-6-4-10(18)8-11(14)15(21)19-13-5-3-9(16)7-12(13)17/h3-8H,18H2,1-2H3,(H,19,21). The predicted molar refractivity (Wildman–Crippen MR) is 79.5 cm³/mol. The van der Waals surface area contributed by atoms with Crippen molar-refractivity contribution in [2.45, 2.75) is 0 Å². The highest BCUT2D eigenvalue weighted by Gasteiger charge is 2.15. The first-order valence-electron chi connectivity index (χ1n) is 6.21.